The fourth-order valence-corrected chi connectivity index (χ4v) is 2.43. The van der Waals surface area contributed by atoms with Crippen LogP contribution in [-0.2, 0) is 0 Å². The summed E-state index contributed by atoms with van der Waals surface area (Å²) in [5, 5.41) is 11.6. The van der Waals surface area contributed by atoms with Gasteiger partial charge in [0.1, 0.15) is 28.3 Å². The van der Waals surface area contributed by atoms with Crippen LogP contribution in [0.15, 0.2) is 36.0 Å². The molecule has 5 nitrogen and oxygen atoms in total. The van der Waals surface area contributed by atoms with E-state index in [0.717, 1.165) is 17.0 Å². The summed E-state index contributed by atoms with van der Waals surface area (Å²) < 4.78 is 18.6. The van der Waals surface area contributed by atoms with Crippen LogP contribution >= 0.6 is 11.3 Å². The van der Waals surface area contributed by atoms with Gasteiger partial charge in [-0.15, -0.1) is 11.3 Å². The largest absolute Gasteiger partial charge is 0.478 e. The fraction of sp³-hybridized carbons (Fsp3) is 0. The van der Waals surface area contributed by atoms with E-state index in [-0.39, 0.29) is 17.2 Å². The van der Waals surface area contributed by atoms with Crippen LogP contribution in [-0.4, -0.2) is 21.0 Å². The molecule has 2 aromatic heterocycles. The summed E-state index contributed by atoms with van der Waals surface area (Å²) in [5.74, 6) is -1.64. The number of aromatic nitrogens is 2. The number of benzene rings is 1. The van der Waals surface area contributed by atoms with E-state index in [0.29, 0.717) is 5.39 Å². The van der Waals surface area contributed by atoms with Gasteiger partial charge in [0.05, 0.1) is 5.39 Å². The molecule has 100 valence electrons. The lowest BCUT2D eigenvalue weighted by atomic mass is 10.2. The minimum atomic E-state index is -1.27. The standard InChI is InChI=1S/C13H7FN2O3S/c14-7-1-2-10(9(5-7)13(17)18)19-11-8-3-4-20-12(8)16-6-15-11/h1-6H,(H,17,18). The molecule has 3 rings (SSSR count). The zero-order valence-corrected chi connectivity index (χ0v) is 10.7. The van der Waals surface area contributed by atoms with Crippen molar-refractivity contribution in [2.24, 2.45) is 0 Å². The van der Waals surface area contributed by atoms with Gasteiger partial charge in [0.2, 0.25) is 5.88 Å². The van der Waals surface area contributed by atoms with Crippen LogP contribution < -0.4 is 4.74 Å². The zero-order valence-electron chi connectivity index (χ0n) is 9.91. The van der Waals surface area contributed by atoms with E-state index in [1.54, 1.807) is 6.07 Å². The van der Waals surface area contributed by atoms with Crippen molar-refractivity contribution in [2.75, 3.05) is 0 Å². The van der Waals surface area contributed by atoms with Gasteiger partial charge < -0.3 is 9.84 Å². The first-order valence-corrected chi connectivity index (χ1v) is 6.42. The molecular weight excluding hydrogens is 283 g/mol. The Morgan fingerprint density at radius 2 is 2.15 bits per heavy atom. The molecule has 1 N–H and O–H groups in total. The van der Waals surface area contributed by atoms with E-state index in [1.807, 2.05) is 5.38 Å². The van der Waals surface area contributed by atoms with E-state index < -0.39 is 11.8 Å². The molecule has 0 amide bonds. The molecule has 0 bridgehead atoms. The van der Waals surface area contributed by atoms with E-state index in [1.165, 1.54) is 23.7 Å². The summed E-state index contributed by atoms with van der Waals surface area (Å²) in [7, 11) is 0. The second kappa shape index (κ2) is 4.86. The topological polar surface area (TPSA) is 72.3 Å². The van der Waals surface area contributed by atoms with Crippen LogP contribution in [0.3, 0.4) is 0 Å². The van der Waals surface area contributed by atoms with Crippen LogP contribution in [0.1, 0.15) is 10.4 Å². The number of nitrogens with zero attached hydrogens (tertiary/aromatic N) is 2. The Morgan fingerprint density at radius 3 is 2.95 bits per heavy atom. The SMILES string of the molecule is O=C(O)c1cc(F)ccc1Oc1ncnc2sccc12. The number of carboxylic acid groups (broad SMARTS) is 1. The van der Waals surface area contributed by atoms with Gasteiger partial charge in [-0.3, -0.25) is 0 Å². The smallest absolute Gasteiger partial charge is 0.339 e. The molecule has 20 heavy (non-hydrogen) atoms. The highest BCUT2D eigenvalue weighted by Gasteiger charge is 2.15. The van der Waals surface area contributed by atoms with Crippen molar-refractivity contribution in [3.05, 3.63) is 47.4 Å². The van der Waals surface area contributed by atoms with Gasteiger partial charge in [-0.05, 0) is 29.6 Å². The Balaban J connectivity index is 2.07. The molecule has 0 saturated heterocycles. The number of thiophene rings is 1. The maximum Gasteiger partial charge on any atom is 0.339 e. The highest BCUT2D eigenvalue weighted by molar-refractivity contribution is 7.16. The average molecular weight is 290 g/mol. The molecule has 0 unspecified atom stereocenters. The van der Waals surface area contributed by atoms with E-state index in [4.69, 9.17) is 9.84 Å². The first-order chi connectivity index (χ1) is 9.65. The maximum atomic E-state index is 13.1. The minimum Gasteiger partial charge on any atom is -0.478 e. The third kappa shape index (κ3) is 2.19. The Morgan fingerprint density at radius 1 is 1.30 bits per heavy atom. The fourth-order valence-electron chi connectivity index (χ4n) is 1.71. The molecule has 0 aliphatic carbocycles. The molecule has 1 aromatic carbocycles. The summed E-state index contributed by atoms with van der Waals surface area (Å²) in [4.78, 5) is 19.9. The molecular formula is C13H7FN2O3S. The van der Waals surface area contributed by atoms with Gasteiger partial charge >= 0.3 is 5.97 Å². The van der Waals surface area contributed by atoms with Crippen molar-refractivity contribution in [1.29, 1.82) is 0 Å². The van der Waals surface area contributed by atoms with Gasteiger partial charge in [-0.1, -0.05) is 0 Å². The number of fused-ring (bicyclic) bond motifs is 1. The Kier molecular flexibility index (Phi) is 3.03. The predicted molar refractivity (Wildman–Crippen MR) is 70.8 cm³/mol. The molecule has 0 fully saturated rings. The normalized spacial score (nSPS) is 10.7. The Hall–Kier alpha value is -2.54. The number of rotatable bonds is 3. The number of halogens is 1. The van der Waals surface area contributed by atoms with Gasteiger partial charge in [0.15, 0.2) is 0 Å². The second-order valence-corrected chi connectivity index (χ2v) is 4.76. The van der Waals surface area contributed by atoms with Gasteiger partial charge in [0.25, 0.3) is 0 Å². The highest BCUT2D eigenvalue weighted by Crippen LogP contribution is 2.31. The third-order valence-electron chi connectivity index (χ3n) is 2.60. The van der Waals surface area contributed by atoms with Crippen molar-refractivity contribution in [2.45, 2.75) is 0 Å². The molecule has 0 atom stereocenters. The number of ether oxygens (including phenoxy) is 1. The number of hydrogen-bond donors (Lipinski definition) is 1. The van der Waals surface area contributed by atoms with Crippen molar-refractivity contribution >= 4 is 27.5 Å². The number of aromatic carboxylic acids is 1. The Bertz CT molecular complexity index is 803. The minimum absolute atomic E-state index is 0.0325. The van der Waals surface area contributed by atoms with Crippen molar-refractivity contribution < 1.29 is 19.0 Å². The quantitative estimate of drug-likeness (QED) is 0.801. The first-order valence-electron chi connectivity index (χ1n) is 5.54. The first kappa shape index (κ1) is 12.5. The third-order valence-corrected chi connectivity index (χ3v) is 3.42. The summed E-state index contributed by atoms with van der Waals surface area (Å²) >= 11 is 1.42. The monoisotopic (exact) mass is 290 g/mol. The van der Waals surface area contributed by atoms with Gasteiger partial charge in [-0.2, -0.15) is 0 Å². The van der Waals surface area contributed by atoms with Crippen LogP contribution in [0.2, 0.25) is 0 Å². The molecule has 7 heteroatoms. The molecule has 0 aliphatic heterocycles. The van der Waals surface area contributed by atoms with Crippen molar-refractivity contribution in [1.82, 2.24) is 9.97 Å². The highest BCUT2D eigenvalue weighted by atomic mass is 32.1. The lowest BCUT2D eigenvalue weighted by Crippen LogP contribution is -2.01. The maximum absolute atomic E-state index is 13.1. The number of carboxylic acids is 1. The van der Waals surface area contributed by atoms with Crippen LogP contribution in [0.25, 0.3) is 10.2 Å². The number of hydrogen-bond acceptors (Lipinski definition) is 5. The van der Waals surface area contributed by atoms with E-state index in [9.17, 15) is 9.18 Å². The molecule has 2 heterocycles. The molecule has 0 radical (unpaired) electrons. The number of carbonyl (C=O) groups is 1. The Labute approximate surface area is 116 Å². The summed E-state index contributed by atoms with van der Waals surface area (Å²) in [5.41, 5.74) is -0.257. The summed E-state index contributed by atoms with van der Waals surface area (Å²) in [6.07, 6.45) is 1.33. The zero-order chi connectivity index (χ0) is 14.1. The van der Waals surface area contributed by atoms with E-state index in [2.05, 4.69) is 9.97 Å². The molecule has 3 aromatic rings. The summed E-state index contributed by atoms with van der Waals surface area (Å²) in [6.45, 7) is 0. The van der Waals surface area contributed by atoms with Crippen molar-refractivity contribution in [3.63, 3.8) is 0 Å². The average Bonchev–Trinajstić information content (AvgIpc) is 2.90. The van der Waals surface area contributed by atoms with E-state index >= 15 is 0 Å². The van der Waals surface area contributed by atoms with Gasteiger partial charge in [0, 0.05) is 0 Å². The van der Waals surface area contributed by atoms with Crippen molar-refractivity contribution in [3.8, 4) is 11.6 Å². The lowest BCUT2D eigenvalue weighted by Gasteiger charge is -2.08. The van der Waals surface area contributed by atoms with Crippen LogP contribution in [0, 0.1) is 5.82 Å². The second-order valence-electron chi connectivity index (χ2n) is 3.87. The van der Waals surface area contributed by atoms with Gasteiger partial charge in [-0.25, -0.2) is 19.2 Å². The molecule has 0 spiro atoms. The summed E-state index contributed by atoms with van der Waals surface area (Å²) in [6, 6.07) is 5.08. The molecule has 0 aliphatic rings. The molecule has 0 saturated carbocycles. The lowest BCUT2D eigenvalue weighted by molar-refractivity contribution is 0.0693. The van der Waals surface area contributed by atoms with Crippen LogP contribution in [0.4, 0.5) is 4.39 Å². The van der Waals surface area contributed by atoms with Crippen LogP contribution in [0.5, 0.6) is 11.6 Å². The predicted octanol–water partition coefficient (Wildman–Crippen LogP) is 3.32.